The molecule has 4 rings (SSSR count). The van der Waals surface area contributed by atoms with E-state index in [0.717, 1.165) is 48.7 Å². The van der Waals surface area contributed by atoms with Crippen LogP contribution in [0.25, 0.3) is 10.8 Å². The summed E-state index contributed by atoms with van der Waals surface area (Å²) in [6.07, 6.45) is 1.69. The maximum atomic E-state index is 10.9. The van der Waals surface area contributed by atoms with E-state index in [0.29, 0.717) is 5.56 Å². The highest BCUT2D eigenvalue weighted by atomic mass is 16.6. The predicted molar refractivity (Wildman–Crippen MR) is 100 cm³/mol. The number of hydrogen-bond donors (Lipinski definition) is 0. The smallest absolute Gasteiger partial charge is 0.269 e. The lowest BCUT2D eigenvalue weighted by atomic mass is 9.98. The number of hydrogen-bond acceptors (Lipinski definition) is 4. The van der Waals surface area contributed by atoms with Gasteiger partial charge in [-0.05, 0) is 46.0 Å². The highest BCUT2D eigenvalue weighted by Gasteiger charge is 2.19. The van der Waals surface area contributed by atoms with Gasteiger partial charge in [-0.2, -0.15) is 0 Å². The summed E-state index contributed by atoms with van der Waals surface area (Å²) < 4.78 is 0. The first-order chi connectivity index (χ1) is 12.6. The van der Waals surface area contributed by atoms with Crippen molar-refractivity contribution in [3.8, 4) is 0 Å². The molecule has 0 N–H and O–H groups in total. The van der Waals surface area contributed by atoms with E-state index in [1.807, 2.05) is 24.3 Å². The second-order valence-corrected chi connectivity index (χ2v) is 6.73. The molecule has 0 aromatic heterocycles. The van der Waals surface area contributed by atoms with Gasteiger partial charge >= 0.3 is 0 Å². The standard InChI is InChI=1S/C21H18N2O3/c24-14-16-2-4-17-9-15(1-3-18(17)10-16)12-22-8-7-19-11-21(23(25)26)6-5-20(19)13-22/h1-6,9-11,14H,7-8,12-13H2. The third-order valence-electron chi connectivity index (χ3n) is 4.96. The van der Waals surface area contributed by atoms with Gasteiger partial charge in [0, 0.05) is 37.3 Å². The normalized spacial score (nSPS) is 14.2. The molecule has 0 amide bonds. The minimum Gasteiger partial charge on any atom is -0.298 e. The summed E-state index contributed by atoms with van der Waals surface area (Å²) in [5.41, 5.74) is 4.32. The molecule has 0 unspecified atom stereocenters. The van der Waals surface area contributed by atoms with Crippen LogP contribution in [0, 0.1) is 10.1 Å². The van der Waals surface area contributed by atoms with E-state index in [9.17, 15) is 14.9 Å². The van der Waals surface area contributed by atoms with Crippen molar-refractivity contribution in [2.45, 2.75) is 19.5 Å². The number of benzene rings is 3. The zero-order valence-corrected chi connectivity index (χ0v) is 14.2. The van der Waals surface area contributed by atoms with Gasteiger partial charge < -0.3 is 0 Å². The molecule has 0 spiro atoms. The summed E-state index contributed by atoms with van der Waals surface area (Å²) in [5, 5.41) is 13.1. The molecule has 0 bridgehead atoms. The van der Waals surface area contributed by atoms with E-state index in [1.54, 1.807) is 12.1 Å². The van der Waals surface area contributed by atoms with Crippen LogP contribution in [0.1, 0.15) is 27.0 Å². The third-order valence-corrected chi connectivity index (χ3v) is 4.96. The number of non-ortho nitro benzene ring substituents is 1. The minimum absolute atomic E-state index is 0.168. The molecular weight excluding hydrogens is 328 g/mol. The SMILES string of the molecule is O=Cc1ccc2cc(CN3CCc4cc([N+](=O)[O-])ccc4C3)ccc2c1. The molecule has 5 nitrogen and oxygen atoms in total. The maximum absolute atomic E-state index is 10.9. The Bertz CT molecular complexity index is 1010. The lowest BCUT2D eigenvalue weighted by Gasteiger charge is -2.28. The number of nitro benzene ring substituents is 1. The summed E-state index contributed by atoms with van der Waals surface area (Å²) in [6, 6.07) is 17.2. The first-order valence-corrected chi connectivity index (χ1v) is 8.59. The molecular formula is C21H18N2O3. The Morgan fingerprint density at radius 1 is 1.00 bits per heavy atom. The van der Waals surface area contributed by atoms with Crippen molar-refractivity contribution in [3.05, 3.63) is 87.0 Å². The van der Waals surface area contributed by atoms with E-state index < -0.39 is 0 Å². The Hall–Kier alpha value is -3.05. The molecule has 0 atom stereocenters. The van der Waals surface area contributed by atoms with Gasteiger partial charge in [-0.3, -0.25) is 19.8 Å². The van der Waals surface area contributed by atoms with Gasteiger partial charge in [0.05, 0.1) is 4.92 Å². The maximum Gasteiger partial charge on any atom is 0.269 e. The summed E-state index contributed by atoms with van der Waals surface area (Å²) in [4.78, 5) is 23.8. The van der Waals surface area contributed by atoms with Gasteiger partial charge in [0.25, 0.3) is 5.69 Å². The largest absolute Gasteiger partial charge is 0.298 e. The number of nitrogens with zero attached hydrogens (tertiary/aromatic N) is 2. The summed E-state index contributed by atoms with van der Waals surface area (Å²) in [7, 11) is 0. The molecule has 0 fully saturated rings. The van der Waals surface area contributed by atoms with Crippen LogP contribution in [-0.4, -0.2) is 22.7 Å². The predicted octanol–water partition coefficient (Wildman–Crippen LogP) is 4.12. The van der Waals surface area contributed by atoms with Crippen molar-refractivity contribution in [2.75, 3.05) is 6.54 Å². The van der Waals surface area contributed by atoms with Gasteiger partial charge in [-0.15, -0.1) is 0 Å². The van der Waals surface area contributed by atoms with Crippen molar-refractivity contribution < 1.29 is 9.72 Å². The third kappa shape index (κ3) is 3.21. The van der Waals surface area contributed by atoms with Gasteiger partial charge in [0.2, 0.25) is 0 Å². The van der Waals surface area contributed by atoms with Crippen molar-refractivity contribution in [1.29, 1.82) is 0 Å². The molecule has 0 radical (unpaired) electrons. The molecule has 0 saturated heterocycles. The molecule has 5 heteroatoms. The molecule has 3 aromatic rings. The summed E-state index contributed by atoms with van der Waals surface area (Å²) in [6.45, 7) is 2.52. The fourth-order valence-corrected chi connectivity index (χ4v) is 3.59. The topological polar surface area (TPSA) is 63.5 Å². The van der Waals surface area contributed by atoms with Crippen LogP contribution < -0.4 is 0 Å². The summed E-state index contributed by atoms with van der Waals surface area (Å²) in [5.74, 6) is 0. The van der Waals surface area contributed by atoms with E-state index in [2.05, 4.69) is 23.1 Å². The number of carbonyl (C=O) groups is 1. The van der Waals surface area contributed by atoms with Crippen LogP contribution >= 0.6 is 0 Å². The van der Waals surface area contributed by atoms with E-state index in [1.165, 1.54) is 11.1 Å². The fourth-order valence-electron chi connectivity index (χ4n) is 3.59. The second-order valence-electron chi connectivity index (χ2n) is 6.73. The van der Waals surface area contributed by atoms with Crippen molar-refractivity contribution in [1.82, 2.24) is 4.90 Å². The number of aldehydes is 1. The Morgan fingerprint density at radius 3 is 2.62 bits per heavy atom. The van der Waals surface area contributed by atoms with Crippen LogP contribution in [0.3, 0.4) is 0 Å². The Kier molecular flexibility index (Phi) is 4.22. The first kappa shape index (κ1) is 16.4. The van der Waals surface area contributed by atoms with E-state index >= 15 is 0 Å². The number of nitro groups is 1. The van der Waals surface area contributed by atoms with Gasteiger partial charge in [0.1, 0.15) is 6.29 Å². The highest BCUT2D eigenvalue weighted by Crippen LogP contribution is 2.25. The second kappa shape index (κ2) is 6.69. The number of fused-ring (bicyclic) bond motifs is 2. The Labute approximate surface area is 151 Å². The Morgan fingerprint density at radius 2 is 1.81 bits per heavy atom. The van der Waals surface area contributed by atoms with Crippen LogP contribution in [0.4, 0.5) is 5.69 Å². The van der Waals surface area contributed by atoms with Gasteiger partial charge in [-0.1, -0.05) is 30.3 Å². The van der Waals surface area contributed by atoms with E-state index in [-0.39, 0.29) is 10.6 Å². The minimum atomic E-state index is -0.336. The molecule has 26 heavy (non-hydrogen) atoms. The lowest BCUT2D eigenvalue weighted by molar-refractivity contribution is -0.384. The molecule has 1 aliphatic rings. The van der Waals surface area contributed by atoms with Crippen LogP contribution in [0.2, 0.25) is 0 Å². The molecule has 3 aromatic carbocycles. The molecule has 0 saturated carbocycles. The van der Waals surface area contributed by atoms with E-state index in [4.69, 9.17) is 0 Å². The van der Waals surface area contributed by atoms with Crippen molar-refractivity contribution in [3.63, 3.8) is 0 Å². The number of carbonyl (C=O) groups excluding carboxylic acids is 1. The monoisotopic (exact) mass is 346 g/mol. The number of rotatable bonds is 4. The first-order valence-electron chi connectivity index (χ1n) is 8.59. The van der Waals surface area contributed by atoms with Gasteiger partial charge in [0.15, 0.2) is 0 Å². The Balaban J connectivity index is 1.52. The van der Waals surface area contributed by atoms with Crippen LogP contribution in [0.5, 0.6) is 0 Å². The zero-order valence-electron chi connectivity index (χ0n) is 14.2. The van der Waals surface area contributed by atoms with Gasteiger partial charge in [-0.25, -0.2) is 0 Å². The average molecular weight is 346 g/mol. The molecule has 1 aliphatic heterocycles. The van der Waals surface area contributed by atoms with Crippen molar-refractivity contribution >= 4 is 22.7 Å². The summed E-state index contributed by atoms with van der Waals surface area (Å²) >= 11 is 0. The zero-order chi connectivity index (χ0) is 18.1. The lowest BCUT2D eigenvalue weighted by Crippen LogP contribution is -2.30. The molecule has 130 valence electrons. The highest BCUT2D eigenvalue weighted by molar-refractivity contribution is 5.89. The van der Waals surface area contributed by atoms with Crippen molar-refractivity contribution in [2.24, 2.45) is 0 Å². The fraction of sp³-hybridized carbons (Fsp3) is 0.190. The molecule has 1 heterocycles. The molecule has 0 aliphatic carbocycles. The quantitative estimate of drug-likeness (QED) is 0.405. The van der Waals surface area contributed by atoms with Crippen LogP contribution in [-0.2, 0) is 19.5 Å². The van der Waals surface area contributed by atoms with Crippen LogP contribution in [0.15, 0.2) is 54.6 Å². The average Bonchev–Trinajstić information content (AvgIpc) is 2.67.